The van der Waals surface area contributed by atoms with Crippen LogP contribution in [-0.2, 0) is 33.3 Å². The molecule has 10 nitrogen and oxygen atoms in total. The van der Waals surface area contributed by atoms with E-state index in [2.05, 4.69) is 4.98 Å². The summed E-state index contributed by atoms with van der Waals surface area (Å²) in [6.07, 6.45) is 0.450. The van der Waals surface area contributed by atoms with E-state index in [0.29, 0.717) is 35.8 Å². The van der Waals surface area contributed by atoms with E-state index in [1.807, 2.05) is 59.4 Å². The first-order chi connectivity index (χ1) is 15.9. The van der Waals surface area contributed by atoms with E-state index < -0.39 is 20.2 Å². The van der Waals surface area contributed by atoms with Gasteiger partial charge in [-0.05, 0) is 44.9 Å². The van der Waals surface area contributed by atoms with Gasteiger partial charge in [0.2, 0.25) is 0 Å². The highest BCUT2D eigenvalue weighted by Gasteiger charge is 2.18. The van der Waals surface area contributed by atoms with Crippen LogP contribution in [0.5, 0.6) is 0 Å². The number of hydrogen-bond acceptors (Lipinski definition) is 6. The van der Waals surface area contributed by atoms with Gasteiger partial charge in [-0.1, -0.05) is 23.8 Å². The third kappa shape index (κ3) is 5.46. The molecule has 182 valence electrons. The van der Waals surface area contributed by atoms with Crippen LogP contribution in [0.1, 0.15) is 24.2 Å². The number of nitrogens with zero attached hydrogens (tertiary/aromatic N) is 4. The molecular formula is C22H26N4O6S2. The summed E-state index contributed by atoms with van der Waals surface area (Å²) in [5.41, 5.74) is 4.89. The molecule has 0 saturated carbocycles. The number of imidazole rings is 2. The molecule has 2 aromatic heterocycles. The fraction of sp³-hybridized carbons (Fsp3) is 0.364. The molecule has 0 bridgehead atoms. The Morgan fingerprint density at radius 1 is 0.794 bits per heavy atom. The zero-order valence-electron chi connectivity index (χ0n) is 18.8. The average Bonchev–Trinajstić information content (AvgIpc) is 3.21. The van der Waals surface area contributed by atoms with Gasteiger partial charge in [-0.25, -0.2) is 9.97 Å². The zero-order valence-corrected chi connectivity index (χ0v) is 20.5. The fourth-order valence-electron chi connectivity index (χ4n) is 4.19. The van der Waals surface area contributed by atoms with Crippen LogP contribution in [0.25, 0.3) is 33.5 Å². The van der Waals surface area contributed by atoms with E-state index in [4.69, 9.17) is 14.1 Å². The van der Waals surface area contributed by atoms with Gasteiger partial charge >= 0.3 is 0 Å². The molecule has 0 atom stereocenters. The number of aromatic nitrogens is 4. The van der Waals surface area contributed by atoms with Crippen LogP contribution in [0.3, 0.4) is 0 Å². The Morgan fingerprint density at radius 3 is 1.94 bits per heavy atom. The van der Waals surface area contributed by atoms with Gasteiger partial charge in [0.25, 0.3) is 20.2 Å². The molecule has 0 saturated heterocycles. The van der Waals surface area contributed by atoms with Crippen molar-refractivity contribution in [1.29, 1.82) is 0 Å². The van der Waals surface area contributed by atoms with Crippen LogP contribution in [0.15, 0.2) is 36.4 Å². The molecule has 0 radical (unpaired) electrons. The minimum Gasteiger partial charge on any atom is -0.328 e. The minimum atomic E-state index is -4.08. The Balaban J connectivity index is 1.81. The average molecular weight is 507 g/mol. The van der Waals surface area contributed by atoms with Crippen molar-refractivity contribution in [2.24, 2.45) is 0 Å². The maximum Gasteiger partial charge on any atom is 0.264 e. The summed E-state index contributed by atoms with van der Waals surface area (Å²) in [5, 5.41) is 0. The molecule has 0 unspecified atom stereocenters. The highest BCUT2D eigenvalue weighted by atomic mass is 32.2. The molecule has 2 N–H and O–H groups in total. The predicted molar refractivity (Wildman–Crippen MR) is 130 cm³/mol. The van der Waals surface area contributed by atoms with Gasteiger partial charge in [0.15, 0.2) is 0 Å². The first-order valence-corrected chi connectivity index (χ1v) is 14.0. The second-order valence-corrected chi connectivity index (χ2v) is 11.5. The van der Waals surface area contributed by atoms with Crippen molar-refractivity contribution in [3.05, 3.63) is 47.8 Å². The number of rotatable bonds is 9. The fourth-order valence-corrected chi connectivity index (χ4v) is 5.17. The van der Waals surface area contributed by atoms with Gasteiger partial charge in [0.1, 0.15) is 11.6 Å². The standard InChI is InChI=1S/C22H26N4O6S2/c1-15-6-3-7-17(12-15)22-24-19-14-20-18(13-21(19)26(22)9-5-11-34(30,31)32)23-16(2)25(20)8-4-10-33(27,28)29/h3,6-7,12-14H,4-5,8-11H2,1-2H3,(H,27,28,29)(H,30,31,32). The highest BCUT2D eigenvalue weighted by molar-refractivity contribution is 7.86. The van der Waals surface area contributed by atoms with Crippen LogP contribution in [0.2, 0.25) is 0 Å². The molecule has 12 heteroatoms. The Bertz CT molecular complexity index is 1590. The Labute approximate surface area is 197 Å². The van der Waals surface area contributed by atoms with Gasteiger partial charge in [0, 0.05) is 18.7 Å². The molecule has 4 aromatic rings. The molecule has 0 aliphatic rings. The summed E-state index contributed by atoms with van der Waals surface area (Å²) in [6.45, 7) is 4.50. The van der Waals surface area contributed by atoms with Gasteiger partial charge in [-0.3, -0.25) is 9.11 Å². The molecule has 0 amide bonds. The Kier molecular flexibility index (Phi) is 6.51. The van der Waals surface area contributed by atoms with E-state index in [-0.39, 0.29) is 24.3 Å². The van der Waals surface area contributed by atoms with Gasteiger partial charge in [-0.15, -0.1) is 0 Å². The lowest BCUT2D eigenvalue weighted by Crippen LogP contribution is -2.09. The molecule has 34 heavy (non-hydrogen) atoms. The molecule has 0 fully saturated rings. The van der Waals surface area contributed by atoms with Crippen LogP contribution in [0.4, 0.5) is 0 Å². The maximum absolute atomic E-state index is 11.3. The number of hydrogen-bond donors (Lipinski definition) is 2. The highest BCUT2D eigenvalue weighted by Crippen LogP contribution is 2.30. The van der Waals surface area contributed by atoms with Crippen molar-refractivity contribution in [2.45, 2.75) is 39.8 Å². The third-order valence-corrected chi connectivity index (χ3v) is 7.26. The molecule has 2 aromatic carbocycles. The van der Waals surface area contributed by atoms with Crippen LogP contribution >= 0.6 is 0 Å². The Morgan fingerprint density at radius 2 is 1.35 bits per heavy atom. The van der Waals surface area contributed by atoms with Gasteiger partial charge < -0.3 is 9.13 Å². The number of aryl methyl sites for hydroxylation is 4. The monoisotopic (exact) mass is 506 g/mol. The summed E-state index contributed by atoms with van der Waals surface area (Å²) < 4.78 is 66.7. The number of benzene rings is 2. The van der Waals surface area contributed by atoms with Crippen LogP contribution < -0.4 is 0 Å². The van der Waals surface area contributed by atoms with Crippen molar-refractivity contribution >= 4 is 42.3 Å². The van der Waals surface area contributed by atoms with Crippen molar-refractivity contribution in [3.8, 4) is 11.4 Å². The molecule has 0 aliphatic heterocycles. The van der Waals surface area contributed by atoms with E-state index >= 15 is 0 Å². The van der Waals surface area contributed by atoms with Crippen LogP contribution in [-0.4, -0.2) is 56.5 Å². The maximum atomic E-state index is 11.3. The first-order valence-electron chi connectivity index (χ1n) is 10.8. The summed E-state index contributed by atoms with van der Waals surface area (Å²) in [6, 6.07) is 11.6. The second kappa shape index (κ2) is 9.10. The lowest BCUT2D eigenvalue weighted by molar-refractivity contribution is 0.476. The van der Waals surface area contributed by atoms with E-state index in [0.717, 1.165) is 22.2 Å². The third-order valence-electron chi connectivity index (χ3n) is 5.65. The van der Waals surface area contributed by atoms with E-state index in [9.17, 15) is 16.8 Å². The predicted octanol–water partition coefficient (Wildman–Crippen LogP) is 3.23. The summed E-state index contributed by atoms with van der Waals surface area (Å²) in [7, 11) is -8.13. The minimum absolute atomic E-state index is 0.213. The molecule has 0 spiro atoms. The van der Waals surface area contributed by atoms with Crippen molar-refractivity contribution in [1.82, 2.24) is 19.1 Å². The normalized spacial score (nSPS) is 12.7. The summed E-state index contributed by atoms with van der Waals surface area (Å²) in [5.74, 6) is 0.684. The van der Waals surface area contributed by atoms with Crippen LogP contribution in [0, 0.1) is 13.8 Å². The second-order valence-electron chi connectivity index (χ2n) is 8.38. The van der Waals surface area contributed by atoms with Gasteiger partial charge in [-0.2, -0.15) is 16.8 Å². The molecule has 4 rings (SSSR count). The summed E-state index contributed by atoms with van der Waals surface area (Å²) in [4.78, 5) is 9.44. The van der Waals surface area contributed by atoms with Crippen molar-refractivity contribution in [2.75, 3.05) is 11.5 Å². The molecule has 2 heterocycles. The smallest absolute Gasteiger partial charge is 0.264 e. The lowest BCUT2D eigenvalue weighted by atomic mass is 10.1. The van der Waals surface area contributed by atoms with Crippen molar-refractivity contribution in [3.63, 3.8) is 0 Å². The Hall–Kier alpha value is -2.80. The van der Waals surface area contributed by atoms with E-state index in [1.54, 1.807) is 0 Å². The van der Waals surface area contributed by atoms with E-state index in [1.165, 1.54) is 0 Å². The quantitative estimate of drug-likeness (QED) is 0.329. The van der Waals surface area contributed by atoms with Gasteiger partial charge in [0.05, 0.1) is 33.6 Å². The molecule has 0 aliphatic carbocycles. The SMILES string of the molecule is Cc1cccc(-c2nc3cc4c(cc3n2CCCS(=O)(=O)O)nc(C)n4CCCS(=O)(=O)O)c1. The zero-order chi connectivity index (χ0) is 24.7. The summed E-state index contributed by atoms with van der Waals surface area (Å²) >= 11 is 0. The largest absolute Gasteiger partial charge is 0.328 e. The topological polar surface area (TPSA) is 144 Å². The number of fused-ring (bicyclic) bond motifs is 2. The van der Waals surface area contributed by atoms with Crippen molar-refractivity contribution < 1.29 is 25.9 Å². The lowest BCUT2D eigenvalue weighted by Gasteiger charge is -2.10. The molecular weight excluding hydrogens is 480 g/mol. The first kappa shape index (κ1) is 24.3.